The molecule has 0 aliphatic carbocycles. The molecule has 14 heavy (non-hydrogen) atoms. The molecule has 1 aromatic carbocycles. The zero-order chi connectivity index (χ0) is 10.6. The number of carbonyl (C=O) groups is 1. The van der Waals surface area contributed by atoms with Gasteiger partial charge >= 0.3 is 0 Å². The minimum atomic E-state index is -0.527. The molecule has 0 radical (unpaired) electrons. The van der Waals surface area contributed by atoms with Crippen LogP contribution >= 0.6 is 0 Å². The number of hydrogen-bond donors (Lipinski definition) is 0. The minimum absolute atomic E-state index is 0.00814. The Bertz CT molecular complexity index is 396. The average Bonchev–Trinajstić information content (AvgIpc) is 2.19. The molecule has 0 N–H and O–H groups in total. The highest BCUT2D eigenvalue weighted by atomic mass is 19.1. The summed E-state index contributed by atoms with van der Waals surface area (Å²) in [7, 11) is 1.32. The van der Waals surface area contributed by atoms with Crippen molar-refractivity contribution in [1.82, 2.24) is 0 Å². The average molecular weight is 193 g/mol. The molecule has 0 unspecified atom stereocenters. The van der Waals surface area contributed by atoms with E-state index >= 15 is 0 Å². The van der Waals surface area contributed by atoms with Crippen LogP contribution in [0.3, 0.4) is 0 Å². The largest absolute Gasteiger partial charge is 0.494 e. The van der Waals surface area contributed by atoms with Crippen LogP contribution in [0.15, 0.2) is 18.2 Å². The van der Waals surface area contributed by atoms with E-state index in [9.17, 15) is 9.18 Å². The summed E-state index contributed by atoms with van der Waals surface area (Å²) in [5.41, 5.74) is 0.282. The first-order valence-corrected chi connectivity index (χ1v) is 3.92. The van der Waals surface area contributed by atoms with Crippen LogP contribution in [0.1, 0.15) is 16.8 Å². The molecule has 0 aliphatic rings. The van der Waals surface area contributed by atoms with Gasteiger partial charge in [-0.1, -0.05) is 0 Å². The molecule has 0 aromatic heterocycles. The van der Waals surface area contributed by atoms with Crippen LogP contribution in [0.4, 0.5) is 4.39 Å². The molecule has 0 amide bonds. The smallest absolute Gasteiger partial charge is 0.177 e. The first kappa shape index (κ1) is 10.2. The van der Waals surface area contributed by atoms with Gasteiger partial charge in [0, 0.05) is 5.56 Å². The number of rotatable bonds is 3. The molecular weight excluding hydrogens is 185 g/mol. The summed E-state index contributed by atoms with van der Waals surface area (Å²) in [5, 5.41) is 8.30. The summed E-state index contributed by atoms with van der Waals surface area (Å²) in [6, 6.07) is 5.49. The van der Waals surface area contributed by atoms with Gasteiger partial charge in [-0.2, -0.15) is 5.26 Å². The molecule has 0 atom stereocenters. The van der Waals surface area contributed by atoms with E-state index in [1.54, 1.807) is 6.07 Å². The van der Waals surface area contributed by atoms with Gasteiger partial charge in [0.25, 0.3) is 0 Å². The lowest BCUT2D eigenvalue weighted by Crippen LogP contribution is -1.99. The highest BCUT2D eigenvalue weighted by Gasteiger charge is 2.09. The summed E-state index contributed by atoms with van der Waals surface area (Å²) in [4.78, 5) is 11.2. The Morgan fingerprint density at radius 1 is 1.64 bits per heavy atom. The Kier molecular flexibility index (Phi) is 3.19. The third-order valence-electron chi connectivity index (χ3n) is 1.71. The lowest BCUT2D eigenvalue weighted by Gasteiger charge is -2.03. The maximum absolute atomic E-state index is 12.9. The molecular formula is C10H8FNO2. The predicted octanol–water partition coefficient (Wildman–Crippen LogP) is 1.93. The van der Waals surface area contributed by atoms with Crippen LogP contribution in [0.25, 0.3) is 0 Å². The molecule has 0 saturated heterocycles. The van der Waals surface area contributed by atoms with E-state index < -0.39 is 5.82 Å². The molecule has 4 heteroatoms. The molecule has 1 aromatic rings. The fourth-order valence-corrected chi connectivity index (χ4v) is 1.01. The van der Waals surface area contributed by atoms with Crippen molar-refractivity contribution in [2.45, 2.75) is 6.42 Å². The van der Waals surface area contributed by atoms with Gasteiger partial charge in [0.2, 0.25) is 0 Å². The lowest BCUT2D eigenvalue weighted by atomic mass is 10.1. The number of benzene rings is 1. The quantitative estimate of drug-likeness (QED) is 0.689. The summed E-state index contributed by atoms with van der Waals surface area (Å²) in [6.07, 6.45) is -0.214. The molecule has 1 rings (SSSR count). The van der Waals surface area contributed by atoms with E-state index in [0.29, 0.717) is 0 Å². The van der Waals surface area contributed by atoms with Gasteiger partial charge in [-0.3, -0.25) is 4.79 Å². The fraction of sp³-hybridized carbons (Fsp3) is 0.200. The second-order valence-electron chi connectivity index (χ2n) is 2.61. The second kappa shape index (κ2) is 4.38. The summed E-state index contributed by atoms with van der Waals surface area (Å²) < 4.78 is 17.6. The van der Waals surface area contributed by atoms with Gasteiger partial charge in [-0.25, -0.2) is 4.39 Å². The fourth-order valence-electron chi connectivity index (χ4n) is 1.01. The van der Waals surface area contributed by atoms with E-state index in [-0.39, 0.29) is 23.5 Å². The topological polar surface area (TPSA) is 50.1 Å². The number of nitrogens with zero attached hydrogens (tertiary/aromatic N) is 1. The van der Waals surface area contributed by atoms with Crippen molar-refractivity contribution in [3.05, 3.63) is 29.6 Å². The third-order valence-corrected chi connectivity index (χ3v) is 1.71. The molecule has 0 spiro atoms. The zero-order valence-corrected chi connectivity index (χ0v) is 7.58. The predicted molar refractivity (Wildman–Crippen MR) is 47.5 cm³/mol. The standard InChI is InChI=1S/C10H8FNO2/c1-14-10-6-7(2-3-8(10)11)9(13)4-5-12/h2-3,6H,4H2,1H3. The summed E-state index contributed by atoms with van der Waals surface area (Å²) in [6.45, 7) is 0. The van der Waals surface area contributed by atoms with Crippen LogP contribution in [0.5, 0.6) is 5.75 Å². The molecule has 0 bridgehead atoms. The van der Waals surface area contributed by atoms with Crippen molar-refractivity contribution in [3.8, 4) is 11.8 Å². The van der Waals surface area contributed by atoms with E-state index in [1.807, 2.05) is 0 Å². The molecule has 0 heterocycles. The van der Waals surface area contributed by atoms with Gasteiger partial charge in [0.05, 0.1) is 19.6 Å². The molecule has 72 valence electrons. The highest BCUT2D eigenvalue weighted by molar-refractivity contribution is 5.97. The number of hydrogen-bond acceptors (Lipinski definition) is 3. The maximum atomic E-state index is 12.9. The van der Waals surface area contributed by atoms with E-state index in [4.69, 9.17) is 10.00 Å². The van der Waals surface area contributed by atoms with Crippen molar-refractivity contribution in [2.75, 3.05) is 7.11 Å². The maximum Gasteiger partial charge on any atom is 0.177 e. The Balaban J connectivity index is 3.01. The van der Waals surface area contributed by atoms with Crippen LogP contribution in [-0.2, 0) is 0 Å². The van der Waals surface area contributed by atoms with Crippen LogP contribution in [0.2, 0.25) is 0 Å². The Morgan fingerprint density at radius 3 is 2.93 bits per heavy atom. The molecule has 3 nitrogen and oxygen atoms in total. The normalized spacial score (nSPS) is 9.21. The van der Waals surface area contributed by atoms with Crippen LogP contribution in [-0.4, -0.2) is 12.9 Å². The van der Waals surface area contributed by atoms with Crippen molar-refractivity contribution >= 4 is 5.78 Å². The number of nitriles is 1. The SMILES string of the molecule is COc1cc(C(=O)CC#N)ccc1F. The van der Waals surface area contributed by atoms with Crippen LogP contribution < -0.4 is 4.74 Å². The Morgan fingerprint density at radius 2 is 2.36 bits per heavy atom. The van der Waals surface area contributed by atoms with Gasteiger partial charge in [0.15, 0.2) is 17.3 Å². The molecule has 0 saturated carbocycles. The first-order chi connectivity index (χ1) is 6.69. The van der Waals surface area contributed by atoms with Crippen molar-refractivity contribution < 1.29 is 13.9 Å². The van der Waals surface area contributed by atoms with Gasteiger partial charge in [-0.05, 0) is 18.2 Å². The first-order valence-electron chi connectivity index (χ1n) is 3.92. The van der Waals surface area contributed by atoms with Crippen LogP contribution in [0, 0.1) is 17.1 Å². The number of Topliss-reactive ketones (excluding diaryl/α,β-unsaturated/α-hetero) is 1. The lowest BCUT2D eigenvalue weighted by molar-refractivity contribution is 0.0997. The third kappa shape index (κ3) is 2.07. The monoisotopic (exact) mass is 193 g/mol. The van der Waals surface area contributed by atoms with E-state index in [2.05, 4.69) is 0 Å². The summed E-state index contributed by atoms with van der Waals surface area (Å²) in [5.74, 6) is -0.861. The number of ether oxygens (including phenoxy) is 1. The molecule has 0 fully saturated rings. The Hall–Kier alpha value is -1.89. The van der Waals surface area contributed by atoms with E-state index in [1.165, 1.54) is 19.2 Å². The Labute approximate surface area is 80.7 Å². The zero-order valence-electron chi connectivity index (χ0n) is 7.58. The number of ketones is 1. The van der Waals surface area contributed by atoms with Gasteiger partial charge in [-0.15, -0.1) is 0 Å². The number of carbonyl (C=O) groups excluding carboxylic acids is 1. The number of halogens is 1. The molecule has 0 aliphatic heterocycles. The van der Waals surface area contributed by atoms with E-state index in [0.717, 1.165) is 6.07 Å². The van der Waals surface area contributed by atoms with Crippen molar-refractivity contribution in [3.63, 3.8) is 0 Å². The van der Waals surface area contributed by atoms with Gasteiger partial charge < -0.3 is 4.74 Å². The van der Waals surface area contributed by atoms with Crippen molar-refractivity contribution in [2.24, 2.45) is 0 Å². The second-order valence-corrected chi connectivity index (χ2v) is 2.61. The number of methoxy groups -OCH3 is 1. The minimum Gasteiger partial charge on any atom is -0.494 e. The van der Waals surface area contributed by atoms with Gasteiger partial charge in [0.1, 0.15) is 0 Å². The highest BCUT2D eigenvalue weighted by Crippen LogP contribution is 2.18. The van der Waals surface area contributed by atoms with Crippen molar-refractivity contribution in [1.29, 1.82) is 5.26 Å². The summed E-state index contributed by atoms with van der Waals surface area (Å²) >= 11 is 0.